The fourth-order valence-electron chi connectivity index (χ4n) is 1.99. The third-order valence-corrected chi connectivity index (χ3v) is 2.80. The second kappa shape index (κ2) is 6.24. The Morgan fingerprint density at radius 3 is 2.11 bits per heavy atom. The highest BCUT2D eigenvalue weighted by molar-refractivity contribution is 5.47. The first-order valence-electron chi connectivity index (χ1n) is 6.81. The normalized spacial score (nSPS) is 11.9. The summed E-state index contributed by atoms with van der Waals surface area (Å²) >= 11 is 0. The van der Waals surface area contributed by atoms with E-state index < -0.39 is 0 Å². The zero-order valence-corrected chi connectivity index (χ0v) is 12.7. The van der Waals surface area contributed by atoms with Crippen molar-refractivity contribution < 1.29 is 0 Å². The lowest BCUT2D eigenvalue weighted by Gasteiger charge is -2.28. The molecule has 0 atom stereocenters. The predicted octanol–water partition coefficient (Wildman–Crippen LogP) is 3.67. The SMILES string of the molecule is CC(C)NCc1ccc(N(C)CC(C)(C)C)cc1. The van der Waals surface area contributed by atoms with E-state index in [-0.39, 0.29) is 0 Å². The van der Waals surface area contributed by atoms with Gasteiger partial charge in [-0.05, 0) is 23.1 Å². The summed E-state index contributed by atoms with van der Waals surface area (Å²) in [5, 5.41) is 3.44. The molecule has 1 rings (SSSR count). The van der Waals surface area contributed by atoms with Crippen LogP contribution in [0.3, 0.4) is 0 Å². The molecule has 0 fully saturated rings. The molecule has 18 heavy (non-hydrogen) atoms. The maximum Gasteiger partial charge on any atom is 0.0363 e. The van der Waals surface area contributed by atoms with E-state index in [1.807, 2.05) is 0 Å². The van der Waals surface area contributed by atoms with Gasteiger partial charge in [-0.25, -0.2) is 0 Å². The Kier molecular flexibility index (Phi) is 5.21. The topological polar surface area (TPSA) is 15.3 Å². The van der Waals surface area contributed by atoms with Crippen molar-refractivity contribution >= 4 is 5.69 Å². The quantitative estimate of drug-likeness (QED) is 0.855. The van der Waals surface area contributed by atoms with E-state index in [1.165, 1.54) is 11.3 Å². The van der Waals surface area contributed by atoms with Crippen LogP contribution in [-0.4, -0.2) is 19.6 Å². The van der Waals surface area contributed by atoms with Crippen LogP contribution in [0, 0.1) is 5.41 Å². The maximum atomic E-state index is 3.44. The minimum absolute atomic E-state index is 0.326. The number of benzene rings is 1. The molecule has 0 saturated carbocycles. The minimum atomic E-state index is 0.326. The second-order valence-electron chi connectivity index (χ2n) is 6.62. The molecule has 0 aliphatic rings. The zero-order valence-electron chi connectivity index (χ0n) is 12.7. The average Bonchev–Trinajstić information content (AvgIpc) is 2.24. The number of nitrogens with one attached hydrogen (secondary N) is 1. The van der Waals surface area contributed by atoms with Crippen LogP contribution in [0.4, 0.5) is 5.69 Å². The third kappa shape index (κ3) is 5.54. The van der Waals surface area contributed by atoms with Crippen molar-refractivity contribution in [2.45, 2.75) is 47.2 Å². The third-order valence-electron chi connectivity index (χ3n) is 2.80. The van der Waals surface area contributed by atoms with Gasteiger partial charge >= 0.3 is 0 Å². The van der Waals surface area contributed by atoms with E-state index in [4.69, 9.17) is 0 Å². The first-order valence-corrected chi connectivity index (χ1v) is 6.81. The minimum Gasteiger partial charge on any atom is -0.374 e. The van der Waals surface area contributed by atoms with Crippen LogP contribution < -0.4 is 10.2 Å². The molecule has 0 aliphatic heterocycles. The van der Waals surface area contributed by atoms with Gasteiger partial charge in [0, 0.05) is 31.9 Å². The number of hydrogen-bond acceptors (Lipinski definition) is 2. The fourth-order valence-corrected chi connectivity index (χ4v) is 1.99. The van der Waals surface area contributed by atoms with Gasteiger partial charge in [0.1, 0.15) is 0 Å². The molecule has 0 aliphatic carbocycles. The smallest absolute Gasteiger partial charge is 0.0363 e. The number of anilines is 1. The van der Waals surface area contributed by atoms with E-state index in [0.29, 0.717) is 11.5 Å². The molecule has 1 aromatic carbocycles. The highest BCUT2D eigenvalue weighted by atomic mass is 15.1. The van der Waals surface area contributed by atoms with Crippen LogP contribution in [0.25, 0.3) is 0 Å². The van der Waals surface area contributed by atoms with Gasteiger partial charge in [-0.1, -0.05) is 46.8 Å². The molecule has 2 heteroatoms. The predicted molar refractivity (Wildman–Crippen MR) is 81.1 cm³/mol. The molecule has 0 amide bonds. The zero-order chi connectivity index (χ0) is 13.8. The van der Waals surface area contributed by atoms with Gasteiger partial charge in [-0.15, -0.1) is 0 Å². The van der Waals surface area contributed by atoms with E-state index in [1.54, 1.807) is 0 Å². The van der Waals surface area contributed by atoms with Crippen LogP contribution in [0.15, 0.2) is 24.3 Å². The van der Waals surface area contributed by atoms with Crippen molar-refractivity contribution in [2.24, 2.45) is 5.41 Å². The standard InChI is InChI=1S/C16H28N2/c1-13(2)17-11-14-7-9-15(10-8-14)18(6)12-16(3,4)5/h7-10,13,17H,11-12H2,1-6H3. The molecule has 2 nitrogen and oxygen atoms in total. The number of nitrogens with zero attached hydrogens (tertiary/aromatic N) is 1. The van der Waals surface area contributed by atoms with Crippen molar-refractivity contribution in [3.05, 3.63) is 29.8 Å². The summed E-state index contributed by atoms with van der Waals surface area (Å²) in [6, 6.07) is 9.38. The molecular weight excluding hydrogens is 220 g/mol. The Hall–Kier alpha value is -1.02. The molecular formula is C16H28N2. The van der Waals surface area contributed by atoms with Crippen LogP contribution in [-0.2, 0) is 6.54 Å². The Bertz CT molecular complexity index is 346. The van der Waals surface area contributed by atoms with Gasteiger partial charge in [0.15, 0.2) is 0 Å². The van der Waals surface area contributed by atoms with Crippen molar-refractivity contribution in [1.29, 1.82) is 0 Å². The Morgan fingerprint density at radius 2 is 1.67 bits per heavy atom. The van der Waals surface area contributed by atoms with Crippen molar-refractivity contribution in [1.82, 2.24) is 5.32 Å². The molecule has 0 bridgehead atoms. The van der Waals surface area contributed by atoms with E-state index in [2.05, 4.69) is 76.1 Å². The number of rotatable bonds is 5. The summed E-state index contributed by atoms with van der Waals surface area (Å²) in [6.45, 7) is 13.2. The summed E-state index contributed by atoms with van der Waals surface area (Å²) in [5.41, 5.74) is 2.96. The molecule has 0 heterocycles. The molecule has 0 radical (unpaired) electrons. The van der Waals surface area contributed by atoms with Gasteiger partial charge in [0.2, 0.25) is 0 Å². The van der Waals surface area contributed by atoms with Crippen molar-refractivity contribution in [2.75, 3.05) is 18.5 Å². The van der Waals surface area contributed by atoms with Gasteiger partial charge in [-0.2, -0.15) is 0 Å². The highest BCUT2D eigenvalue weighted by Crippen LogP contribution is 2.20. The average molecular weight is 248 g/mol. The lowest BCUT2D eigenvalue weighted by molar-refractivity contribution is 0.419. The van der Waals surface area contributed by atoms with Gasteiger partial charge in [-0.3, -0.25) is 0 Å². The highest BCUT2D eigenvalue weighted by Gasteiger charge is 2.13. The Labute approximate surface area is 112 Å². The first-order chi connectivity index (χ1) is 8.28. The Morgan fingerprint density at radius 1 is 1.11 bits per heavy atom. The first kappa shape index (κ1) is 15.0. The summed E-state index contributed by atoms with van der Waals surface area (Å²) in [6.07, 6.45) is 0. The summed E-state index contributed by atoms with van der Waals surface area (Å²) < 4.78 is 0. The molecule has 0 unspecified atom stereocenters. The largest absolute Gasteiger partial charge is 0.374 e. The van der Waals surface area contributed by atoms with Crippen LogP contribution in [0.1, 0.15) is 40.2 Å². The second-order valence-corrected chi connectivity index (χ2v) is 6.62. The van der Waals surface area contributed by atoms with Crippen molar-refractivity contribution in [3.8, 4) is 0 Å². The number of hydrogen-bond donors (Lipinski definition) is 1. The maximum absolute atomic E-state index is 3.44. The van der Waals surface area contributed by atoms with Crippen LogP contribution >= 0.6 is 0 Å². The van der Waals surface area contributed by atoms with Gasteiger partial charge in [0.05, 0.1) is 0 Å². The van der Waals surface area contributed by atoms with E-state index >= 15 is 0 Å². The van der Waals surface area contributed by atoms with Crippen LogP contribution in [0.2, 0.25) is 0 Å². The monoisotopic (exact) mass is 248 g/mol. The van der Waals surface area contributed by atoms with Crippen LogP contribution in [0.5, 0.6) is 0 Å². The lowest BCUT2D eigenvalue weighted by atomic mass is 9.96. The molecule has 1 aromatic rings. The lowest BCUT2D eigenvalue weighted by Crippen LogP contribution is -2.29. The Balaban J connectivity index is 2.59. The van der Waals surface area contributed by atoms with E-state index in [9.17, 15) is 0 Å². The molecule has 102 valence electrons. The fraction of sp³-hybridized carbons (Fsp3) is 0.625. The summed E-state index contributed by atoms with van der Waals surface area (Å²) in [5.74, 6) is 0. The van der Waals surface area contributed by atoms with Crippen molar-refractivity contribution in [3.63, 3.8) is 0 Å². The molecule has 0 saturated heterocycles. The summed E-state index contributed by atoms with van der Waals surface area (Å²) in [7, 11) is 2.16. The molecule has 1 N–H and O–H groups in total. The summed E-state index contributed by atoms with van der Waals surface area (Å²) in [4.78, 5) is 2.32. The van der Waals surface area contributed by atoms with Gasteiger partial charge < -0.3 is 10.2 Å². The van der Waals surface area contributed by atoms with Gasteiger partial charge in [0.25, 0.3) is 0 Å². The molecule has 0 spiro atoms. The van der Waals surface area contributed by atoms with E-state index in [0.717, 1.165) is 13.1 Å². The molecule has 0 aromatic heterocycles.